The Bertz CT molecular complexity index is 695. The third-order valence-corrected chi connectivity index (χ3v) is 3.26. The fourth-order valence-corrected chi connectivity index (χ4v) is 2.08. The zero-order chi connectivity index (χ0) is 16.8. The highest BCUT2D eigenvalue weighted by Crippen LogP contribution is 2.20. The predicted molar refractivity (Wildman–Crippen MR) is 81.3 cm³/mol. The van der Waals surface area contributed by atoms with E-state index in [9.17, 15) is 9.59 Å². The third-order valence-electron chi connectivity index (χ3n) is 3.26. The number of aryl methyl sites for hydroxylation is 1. The molecule has 0 bridgehead atoms. The number of carbonyl (C=O) groups excluding carboxylic acids is 1. The number of nitrogens with one attached hydrogen (secondary N) is 1. The van der Waals surface area contributed by atoms with Crippen LogP contribution in [0.1, 0.15) is 44.8 Å². The number of pyridine rings is 1. The van der Waals surface area contributed by atoms with E-state index in [1.807, 2.05) is 13.0 Å². The molecule has 7 heteroatoms. The Morgan fingerprint density at radius 2 is 2.17 bits per heavy atom. The highest BCUT2D eigenvalue weighted by Gasteiger charge is 2.20. The van der Waals surface area contributed by atoms with E-state index in [1.54, 1.807) is 13.2 Å². The highest BCUT2D eigenvalue weighted by molar-refractivity contribution is 5.95. The van der Waals surface area contributed by atoms with E-state index in [1.165, 1.54) is 18.3 Å². The molecule has 7 nitrogen and oxygen atoms in total. The molecular formula is C16H18N2O5. The van der Waals surface area contributed by atoms with Gasteiger partial charge in [-0.25, -0.2) is 4.79 Å². The number of methoxy groups -OCH3 is 1. The molecule has 1 atom stereocenters. The van der Waals surface area contributed by atoms with Crippen molar-refractivity contribution in [2.45, 2.75) is 19.4 Å². The summed E-state index contributed by atoms with van der Waals surface area (Å²) in [6, 6.07) is 5.78. The molecule has 0 fully saturated rings. The number of carboxylic acids is 1. The second-order valence-electron chi connectivity index (χ2n) is 4.99. The molecule has 0 aliphatic heterocycles. The molecule has 2 N–H and O–H groups in total. The van der Waals surface area contributed by atoms with Crippen molar-refractivity contribution in [2.24, 2.45) is 0 Å². The van der Waals surface area contributed by atoms with Gasteiger partial charge in [0.2, 0.25) is 0 Å². The molecule has 2 rings (SSSR count). The molecule has 0 aliphatic carbocycles. The lowest BCUT2D eigenvalue weighted by molar-refractivity contribution is 0.0696. The number of ether oxygens (including phenoxy) is 1. The second kappa shape index (κ2) is 7.55. The largest absolute Gasteiger partial charge is 0.478 e. The summed E-state index contributed by atoms with van der Waals surface area (Å²) < 4.78 is 10.6. The van der Waals surface area contributed by atoms with Crippen LogP contribution in [0.4, 0.5) is 0 Å². The van der Waals surface area contributed by atoms with Crippen molar-refractivity contribution in [2.75, 3.05) is 13.7 Å². The molecule has 23 heavy (non-hydrogen) atoms. The summed E-state index contributed by atoms with van der Waals surface area (Å²) in [6.07, 6.45) is 1.81. The minimum Gasteiger partial charge on any atom is -0.478 e. The summed E-state index contributed by atoms with van der Waals surface area (Å²) in [7, 11) is 1.57. The van der Waals surface area contributed by atoms with Crippen LogP contribution in [0.25, 0.3) is 0 Å². The van der Waals surface area contributed by atoms with Crippen molar-refractivity contribution in [1.29, 1.82) is 0 Å². The summed E-state index contributed by atoms with van der Waals surface area (Å²) >= 11 is 0. The molecule has 0 saturated carbocycles. The van der Waals surface area contributed by atoms with Gasteiger partial charge in [-0.3, -0.25) is 9.78 Å². The van der Waals surface area contributed by atoms with Gasteiger partial charge in [0, 0.05) is 19.9 Å². The van der Waals surface area contributed by atoms with Crippen LogP contribution in [-0.2, 0) is 4.74 Å². The number of furan rings is 1. The number of amides is 1. The summed E-state index contributed by atoms with van der Waals surface area (Å²) in [5.41, 5.74) is 0.0445. The van der Waals surface area contributed by atoms with Crippen LogP contribution < -0.4 is 5.32 Å². The molecule has 2 aromatic rings. The summed E-state index contributed by atoms with van der Waals surface area (Å²) in [5, 5.41) is 11.8. The number of carboxylic acid groups (broad SMARTS) is 1. The number of rotatable bonds is 7. The van der Waals surface area contributed by atoms with E-state index >= 15 is 0 Å². The fraction of sp³-hybridized carbons (Fsp3) is 0.312. The molecule has 122 valence electrons. The average Bonchev–Trinajstić information content (AvgIpc) is 2.97. The summed E-state index contributed by atoms with van der Waals surface area (Å²) in [5.74, 6) is -0.229. The SMILES string of the molecule is COCCC(NC(=O)c1cc(C(=O)O)ccn1)c1ccc(C)o1. The molecule has 0 spiro atoms. The molecule has 0 aliphatic rings. The van der Waals surface area contributed by atoms with E-state index in [2.05, 4.69) is 10.3 Å². The average molecular weight is 318 g/mol. The van der Waals surface area contributed by atoms with Crippen molar-refractivity contribution in [3.8, 4) is 0 Å². The highest BCUT2D eigenvalue weighted by atomic mass is 16.5. The van der Waals surface area contributed by atoms with Gasteiger partial charge in [0.1, 0.15) is 17.2 Å². The van der Waals surface area contributed by atoms with E-state index in [-0.39, 0.29) is 17.3 Å². The molecule has 0 radical (unpaired) electrons. The molecule has 2 aromatic heterocycles. The molecule has 1 amide bonds. The van der Waals surface area contributed by atoms with E-state index in [0.717, 1.165) is 5.76 Å². The number of hydrogen-bond acceptors (Lipinski definition) is 5. The Balaban J connectivity index is 2.16. The predicted octanol–water partition coefficient (Wildman–Crippen LogP) is 2.19. The first-order valence-corrected chi connectivity index (χ1v) is 7.06. The first kappa shape index (κ1) is 16.7. The first-order valence-electron chi connectivity index (χ1n) is 7.06. The Labute approximate surface area is 133 Å². The number of carbonyl (C=O) groups is 2. The third kappa shape index (κ3) is 4.40. The van der Waals surface area contributed by atoms with Gasteiger partial charge in [-0.05, 0) is 37.6 Å². The number of nitrogens with zero attached hydrogens (tertiary/aromatic N) is 1. The van der Waals surface area contributed by atoms with Crippen LogP contribution in [0.5, 0.6) is 0 Å². The fourth-order valence-electron chi connectivity index (χ4n) is 2.08. The minimum absolute atomic E-state index is 0.00688. The topological polar surface area (TPSA) is 102 Å². The Morgan fingerprint density at radius 3 is 2.78 bits per heavy atom. The summed E-state index contributed by atoms with van der Waals surface area (Å²) in [4.78, 5) is 27.2. The van der Waals surface area contributed by atoms with E-state index in [0.29, 0.717) is 18.8 Å². The Morgan fingerprint density at radius 1 is 1.39 bits per heavy atom. The van der Waals surface area contributed by atoms with Gasteiger partial charge in [0.15, 0.2) is 0 Å². The van der Waals surface area contributed by atoms with E-state index in [4.69, 9.17) is 14.3 Å². The normalized spacial score (nSPS) is 11.9. The van der Waals surface area contributed by atoms with Crippen LogP contribution in [0.2, 0.25) is 0 Å². The lowest BCUT2D eigenvalue weighted by Crippen LogP contribution is -2.30. The molecule has 0 saturated heterocycles. The number of aromatic carboxylic acids is 1. The van der Waals surface area contributed by atoms with Gasteiger partial charge in [0.05, 0.1) is 11.6 Å². The smallest absolute Gasteiger partial charge is 0.335 e. The zero-order valence-corrected chi connectivity index (χ0v) is 12.9. The monoisotopic (exact) mass is 318 g/mol. The maximum atomic E-state index is 12.3. The van der Waals surface area contributed by atoms with E-state index < -0.39 is 11.9 Å². The Kier molecular flexibility index (Phi) is 5.48. The maximum absolute atomic E-state index is 12.3. The molecule has 1 unspecified atom stereocenters. The Hall–Kier alpha value is -2.67. The van der Waals surface area contributed by atoms with Crippen molar-refractivity contribution in [3.63, 3.8) is 0 Å². The van der Waals surface area contributed by atoms with Gasteiger partial charge in [0.25, 0.3) is 5.91 Å². The molecule has 2 heterocycles. The maximum Gasteiger partial charge on any atom is 0.335 e. The second-order valence-corrected chi connectivity index (χ2v) is 4.99. The lowest BCUT2D eigenvalue weighted by Gasteiger charge is -2.16. The zero-order valence-electron chi connectivity index (χ0n) is 12.9. The van der Waals surface area contributed by atoms with Crippen molar-refractivity contribution in [3.05, 3.63) is 53.2 Å². The van der Waals surface area contributed by atoms with Crippen LogP contribution in [0.15, 0.2) is 34.9 Å². The van der Waals surface area contributed by atoms with Crippen molar-refractivity contribution >= 4 is 11.9 Å². The first-order chi connectivity index (χ1) is 11.0. The van der Waals surface area contributed by atoms with Gasteiger partial charge in [-0.1, -0.05) is 0 Å². The summed E-state index contributed by atoms with van der Waals surface area (Å²) in [6.45, 7) is 2.25. The number of hydrogen-bond donors (Lipinski definition) is 2. The van der Waals surface area contributed by atoms with Gasteiger partial charge < -0.3 is 19.6 Å². The molecular weight excluding hydrogens is 300 g/mol. The lowest BCUT2D eigenvalue weighted by atomic mass is 10.1. The van der Waals surface area contributed by atoms with Gasteiger partial charge in [-0.15, -0.1) is 0 Å². The quantitative estimate of drug-likeness (QED) is 0.811. The van der Waals surface area contributed by atoms with Gasteiger partial charge >= 0.3 is 5.97 Å². The van der Waals surface area contributed by atoms with Gasteiger partial charge in [-0.2, -0.15) is 0 Å². The van der Waals surface area contributed by atoms with Crippen LogP contribution in [0.3, 0.4) is 0 Å². The van der Waals surface area contributed by atoms with Crippen LogP contribution >= 0.6 is 0 Å². The van der Waals surface area contributed by atoms with Crippen molar-refractivity contribution in [1.82, 2.24) is 10.3 Å². The molecule has 0 aromatic carbocycles. The van der Waals surface area contributed by atoms with Crippen molar-refractivity contribution < 1.29 is 23.8 Å². The van der Waals surface area contributed by atoms with Crippen LogP contribution in [-0.4, -0.2) is 35.7 Å². The number of aromatic nitrogens is 1. The van der Waals surface area contributed by atoms with Crippen LogP contribution in [0, 0.1) is 6.92 Å². The minimum atomic E-state index is -1.11. The standard InChI is InChI=1S/C16H18N2O5/c1-10-3-4-14(23-10)12(6-8-22-2)18-15(19)13-9-11(16(20)21)5-7-17-13/h3-5,7,9,12H,6,8H2,1-2H3,(H,18,19)(H,20,21).